The number of aliphatic hydroxyl groups excluding tert-OH is 1. The highest BCUT2D eigenvalue weighted by molar-refractivity contribution is 6.13. The number of aliphatic hydroxyl groups is 1. The summed E-state index contributed by atoms with van der Waals surface area (Å²) in [5, 5.41) is 12.0. The largest absolute Gasteiger partial charge is 0.444 e. The molecule has 0 aliphatic heterocycles. The Hall–Kier alpha value is -1.69. The number of rotatable bonds is 6. The van der Waals surface area contributed by atoms with Crippen molar-refractivity contribution >= 4 is 19.6 Å². The van der Waals surface area contributed by atoms with E-state index in [2.05, 4.69) is 5.32 Å². The third-order valence-corrected chi connectivity index (χ3v) is 3.33. The van der Waals surface area contributed by atoms with E-state index in [1.54, 1.807) is 27.7 Å². The Morgan fingerprint density at radius 1 is 1.43 bits per heavy atom. The lowest BCUT2D eigenvalue weighted by molar-refractivity contribution is 0.0527. The zero-order valence-corrected chi connectivity index (χ0v) is 14.4. The van der Waals surface area contributed by atoms with Gasteiger partial charge in [0.15, 0.2) is 0 Å². The molecule has 0 aliphatic rings. The number of hydrogen-bond acceptors (Lipinski definition) is 4. The maximum atomic E-state index is 11.7. The quantitative estimate of drug-likeness (QED) is 0.555. The van der Waals surface area contributed by atoms with E-state index in [0.717, 1.165) is 11.1 Å². The molecule has 1 aromatic carbocycles. The minimum Gasteiger partial charge on any atom is -0.444 e. The summed E-state index contributed by atoms with van der Waals surface area (Å²) in [7, 11) is 6.13. The van der Waals surface area contributed by atoms with Crippen molar-refractivity contribution in [2.45, 2.75) is 58.1 Å². The van der Waals surface area contributed by atoms with E-state index in [9.17, 15) is 9.90 Å². The molecule has 1 aromatic rings. The molecule has 2 unspecified atom stereocenters. The molecule has 0 saturated heterocycles. The topological polar surface area (TPSA) is 84.6 Å². The number of amides is 1. The van der Waals surface area contributed by atoms with Crippen LogP contribution in [0.15, 0.2) is 18.2 Å². The summed E-state index contributed by atoms with van der Waals surface area (Å²) < 4.78 is 5.18. The van der Waals surface area contributed by atoms with E-state index in [0.29, 0.717) is 18.5 Å². The summed E-state index contributed by atoms with van der Waals surface area (Å²) in [5.41, 5.74) is 7.98. The lowest BCUT2D eigenvalue weighted by Crippen LogP contribution is -2.35. The summed E-state index contributed by atoms with van der Waals surface area (Å²) in [6, 6.07) is 5.66. The molecule has 23 heavy (non-hydrogen) atoms. The molecule has 6 heteroatoms. The molecule has 0 heterocycles. The van der Waals surface area contributed by atoms with E-state index >= 15 is 0 Å². The Morgan fingerprint density at radius 3 is 2.65 bits per heavy atom. The summed E-state index contributed by atoms with van der Waals surface area (Å²) in [4.78, 5) is 11.7. The fraction of sp³-hybridized carbons (Fsp3) is 0.588. The first-order valence-electron chi connectivity index (χ1n) is 7.88. The van der Waals surface area contributed by atoms with Gasteiger partial charge in [0.2, 0.25) is 0 Å². The van der Waals surface area contributed by atoms with Crippen LogP contribution in [0, 0.1) is 0 Å². The molecule has 4 N–H and O–H groups in total. The van der Waals surface area contributed by atoms with Crippen LogP contribution in [0.1, 0.15) is 51.1 Å². The number of nitrogens with two attached hydrogens (primary N) is 1. The Bertz CT molecular complexity index is 527. The minimum atomic E-state index is -0.548. The van der Waals surface area contributed by atoms with Gasteiger partial charge in [-0.15, -0.1) is 0 Å². The van der Waals surface area contributed by atoms with Crippen LogP contribution in [0.3, 0.4) is 0 Å². The van der Waals surface area contributed by atoms with Crippen molar-refractivity contribution in [2.75, 3.05) is 12.3 Å². The zero-order valence-electron chi connectivity index (χ0n) is 14.4. The summed E-state index contributed by atoms with van der Waals surface area (Å²) in [6.07, 6.45) is 0.445. The van der Waals surface area contributed by atoms with E-state index in [4.69, 9.17) is 18.3 Å². The van der Waals surface area contributed by atoms with Gasteiger partial charge in [-0.2, -0.15) is 0 Å². The summed E-state index contributed by atoms with van der Waals surface area (Å²) in [5.74, 6) is -0.422. The predicted octanol–water partition coefficient (Wildman–Crippen LogP) is 2.32. The van der Waals surface area contributed by atoms with Crippen molar-refractivity contribution in [3.63, 3.8) is 0 Å². The highest BCUT2D eigenvalue weighted by Crippen LogP contribution is 2.25. The number of hydrogen-bond donors (Lipinski definition) is 3. The minimum absolute atomic E-state index is 0.235. The zero-order chi connectivity index (χ0) is 17.6. The van der Waals surface area contributed by atoms with Crippen molar-refractivity contribution in [1.82, 2.24) is 5.32 Å². The van der Waals surface area contributed by atoms with Gasteiger partial charge in [-0.05, 0) is 57.5 Å². The van der Waals surface area contributed by atoms with Crippen LogP contribution in [0.2, 0.25) is 0 Å². The van der Waals surface area contributed by atoms with Crippen LogP contribution < -0.4 is 11.1 Å². The van der Waals surface area contributed by atoms with E-state index < -0.39 is 17.5 Å². The summed E-state index contributed by atoms with van der Waals surface area (Å²) in [6.45, 7) is 7.39. The standard InChI is InChI=1S/C17H27BN2O3/c1-11(21)8-9-12-6-5-7-13(15(12)19)14(18)10-20-16(22)23-17(2,3)4/h5-7,11,14,21H,8-10,19H2,1-4H3,(H,20,22). The van der Waals surface area contributed by atoms with Crippen molar-refractivity contribution in [2.24, 2.45) is 0 Å². The number of benzene rings is 1. The van der Waals surface area contributed by atoms with Gasteiger partial charge in [0.05, 0.1) is 14.0 Å². The van der Waals surface area contributed by atoms with Gasteiger partial charge in [-0.1, -0.05) is 18.2 Å². The van der Waals surface area contributed by atoms with Gasteiger partial charge >= 0.3 is 6.09 Å². The van der Waals surface area contributed by atoms with E-state index in [1.165, 1.54) is 0 Å². The Kier molecular flexibility index (Phi) is 6.94. The highest BCUT2D eigenvalue weighted by Gasteiger charge is 2.18. The van der Waals surface area contributed by atoms with Gasteiger partial charge in [-0.3, -0.25) is 0 Å². The number of para-hydroxylation sites is 1. The second-order valence-electron chi connectivity index (χ2n) is 6.80. The predicted molar refractivity (Wildman–Crippen MR) is 93.6 cm³/mol. The van der Waals surface area contributed by atoms with Crippen molar-refractivity contribution in [1.29, 1.82) is 0 Å². The lowest BCUT2D eigenvalue weighted by Gasteiger charge is -2.22. The molecule has 0 saturated carbocycles. The molecule has 0 aromatic heterocycles. The van der Waals surface area contributed by atoms with Gasteiger partial charge in [0.25, 0.3) is 0 Å². The molecule has 0 aliphatic carbocycles. The Labute approximate surface area is 140 Å². The molecule has 5 nitrogen and oxygen atoms in total. The fourth-order valence-electron chi connectivity index (χ4n) is 2.16. The van der Waals surface area contributed by atoms with Crippen LogP contribution in [-0.2, 0) is 11.2 Å². The average Bonchev–Trinajstić information content (AvgIpc) is 2.41. The monoisotopic (exact) mass is 318 g/mol. The number of nitrogen functional groups attached to an aromatic ring is 1. The fourth-order valence-corrected chi connectivity index (χ4v) is 2.16. The smallest absolute Gasteiger partial charge is 0.407 e. The number of alkyl carbamates (subject to hydrolysis) is 1. The molecule has 1 rings (SSSR count). The van der Waals surface area contributed by atoms with Gasteiger partial charge < -0.3 is 20.9 Å². The second kappa shape index (κ2) is 8.25. The number of carbonyl (C=O) groups excluding carboxylic acids is 1. The van der Waals surface area contributed by atoms with Crippen LogP contribution in [0.25, 0.3) is 0 Å². The Morgan fingerprint density at radius 2 is 2.09 bits per heavy atom. The van der Waals surface area contributed by atoms with Crippen molar-refractivity contribution < 1.29 is 14.6 Å². The first-order chi connectivity index (χ1) is 10.6. The van der Waals surface area contributed by atoms with Crippen LogP contribution in [0.5, 0.6) is 0 Å². The number of nitrogens with one attached hydrogen (secondary N) is 1. The molecule has 1 amide bonds. The first-order valence-corrected chi connectivity index (χ1v) is 7.88. The molecule has 0 spiro atoms. The van der Waals surface area contributed by atoms with Crippen molar-refractivity contribution in [3.05, 3.63) is 29.3 Å². The van der Waals surface area contributed by atoms with Crippen molar-refractivity contribution in [3.8, 4) is 0 Å². The highest BCUT2D eigenvalue weighted by atomic mass is 16.6. The number of carbonyl (C=O) groups is 1. The third-order valence-electron chi connectivity index (χ3n) is 3.33. The molecule has 2 atom stereocenters. The maximum absolute atomic E-state index is 11.7. The van der Waals surface area contributed by atoms with Gasteiger partial charge in [0.1, 0.15) is 5.60 Å². The first kappa shape index (κ1) is 19.4. The summed E-state index contributed by atoms with van der Waals surface area (Å²) >= 11 is 0. The van der Waals surface area contributed by atoms with Gasteiger partial charge in [0, 0.05) is 12.2 Å². The third kappa shape index (κ3) is 6.95. The van der Waals surface area contributed by atoms with Crippen LogP contribution in [-0.4, -0.2) is 37.3 Å². The lowest BCUT2D eigenvalue weighted by atomic mass is 9.79. The number of aryl methyl sites for hydroxylation is 1. The molecular weight excluding hydrogens is 291 g/mol. The molecule has 126 valence electrons. The van der Waals surface area contributed by atoms with Crippen LogP contribution >= 0.6 is 0 Å². The van der Waals surface area contributed by atoms with Gasteiger partial charge in [-0.25, -0.2) is 4.79 Å². The normalized spacial score (nSPS) is 14.1. The SMILES string of the molecule is [B]C(CNC(=O)OC(C)(C)C)c1cccc(CCC(C)O)c1N. The van der Waals surface area contributed by atoms with E-state index in [1.807, 2.05) is 18.2 Å². The number of anilines is 1. The molecule has 0 bridgehead atoms. The van der Waals surface area contributed by atoms with E-state index in [-0.39, 0.29) is 12.6 Å². The Balaban J connectivity index is 2.67. The average molecular weight is 318 g/mol. The molecule has 0 fully saturated rings. The second-order valence-corrected chi connectivity index (χ2v) is 6.80. The number of ether oxygens (including phenoxy) is 1. The molecular formula is C17H27BN2O3. The van der Waals surface area contributed by atoms with Crippen LogP contribution in [0.4, 0.5) is 10.5 Å². The maximum Gasteiger partial charge on any atom is 0.407 e. The molecule has 2 radical (unpaired) electrons.